The molecule has 1 saturated carbocycles. The summed E-state index contributed by atoms with van der Waals surface area (Å²) in [5.41, 5.74) is 11.0. The molecule has 0 saturated heterocycles. The second-order valence-electron chi connectivity index (χ2n) is 11.1. The van der Waals surface area contributed by atoms with E-state index in [0.29, 0.717) is 17.3 Å². The molecule has 0 atom stereocenters. The molecular weight excluding hydrogens is 374 g/mol. The second-order valence-corrected chi connectivity index (χ2v) is 11.1. The summed E-state index contributed by atoms with van der Waals surface area (Å²) in [5, 5.41) is 2.79. The summed E-state index contributed by atoms with van der Waals surface area (Å²) in [6.45, 7) is 13.9. The van der Waals surface area contributed by atoms with Crippen LogP contribution in [0.3, 0.4) is 0 Å². The topological polar surface area (TPSA) is 12.4 Å². The standard InChI is InChI=1S/C30H35N/c1-18(2)24-7-8-27-28-25(24)16-22(21-9-11-30(5,6)12-10-21)17-26(28)29(31-27)23-14-19(3)13-20(4)15-23/h7-8,13-18,21H,9-12H2,1-6H3. The average molecular weight is 410 g/mol. The minimum atomic E-state index is 0.492. The van der Waals surface area contributed by atoms with Crippen LogP contribution in [0.1, 0.15) is 98.6 Å². The third-order valence-electron chi connectivity index (χ3n) is 7.56. The number of aryl methyl sites for hydroxylation is 2. The average Bonchev–Trinajstić information content (AvgIpc) is 3.07. The minimum Gasteiger partial charge on any atom is -0.247 e. The predicted octanol–water partition coefficient (Wildman–Crippen LogP) is 8.75. The van der Waals surface area contributed by atoms with E-state index < -0.39 is 0 Å². The first-order valence-electron chi connectivity index (χ1n) is 12.0. The molecule has 1 aliphatic heterocycles. The SMILES string of the molecule is Cc1cc(C)cc(C2=Nc3ccc(C(C)C)c4cc(C5CCC(C)(C)CC5)cc2c34)c1. The lowest BCUT2D eigenvalue weighted by Crippen LogP contribution is -2.20. The highest BCUT2D eigenvalue weighted by atomic mass is 14.8. The molecule has 0 N–H and O–H groups in total. The van der Waals surface area contributed by atoms with Crippen molar-refractivity contribution in [2.45, 2.75) is 79.1 Å². The van der Waals surface area contributed by atoms with E-state index in [2.05, 4.69) is 84.0 Å². The first-order valence-corrected chi connectivity index (χ1v) is 12.0. The Labute approximate surface area is 187 Å². The molecule has 0 unspecified atom stereocenters. The molecule has 1 nitrogen and oxygen atoms in total. The van der Waals surface area contributed by atoms with Crippen LogP contribution < -0.4 is 0 Å². The van der Waals surface area contributed by atoms with Gasteiger partial charge in [-0.3, -0.25) is 0 Å². The van der Waals surface area contributed by atoms with Gasteiger partial charge in [0.05, 0.1) is 11.4 Å². The molecule has 0 radical (unpaired) electrons. The third-order valence-corrected chi connectivity index (χ3v) is 7.56. The molecular formula is C30H35N. The van der Waals surface area contributed by atoms with Crippen LogP contribution in [0.2, 0.25) is 0 Å². The van der Waals surface area contributed by atoms with Gasteiger partial charge in [-0.05, 0) is 97.6 Å². The molecule has 0 spiro atoms. The lowest BCUT2D eigenvalue weighted by atomic mass is 9.71. The Kier molecular flexibility index (Phi) is 4.84. The Morgan fingerprint density at radius 1 is 0.903 bits per heavy atom. The Morgan fingerprint density at radius 3 is 2.23 bits per heavy atom. The highest BCUT2D eigenvalue weighted by Crippen LogP contribution is 2.46. The van der Waals surface area contributed by atoms with Gasteiger partial charge in [-0.25, -0.2) is 4.99 Å². The summed E-state index contributed by atoms with van der Waals surface area (Å²) in [5.74, 6) is 1.17. The van der Waals surface area contributed by atoms with E-state index in [4.69, 9.17) is 4.99 Å². The van der Waals surface area contributed by atoms with E-state index in [1.807, 2.05) is 0 Å². The van der Waals surface area contributed by atoms with Crippen molar-refractivity contribution in [1.29, 1.82) is 0 Å². The number of benzene rings is 3. The molecule has 3 aromatic carbocycles. The maximum absolute atomic E-state index is 5.18. The second kappa shape index (κ2) is 7.33. The van der Waals surface area contributed by atoms with E-state index in [1.165, 1.54) is 69.8 Å². The van der Waals surface area contributed by atoms with Crippen molar-refractivity contribution in [2.24, 2.45) is 10.4 Å². The van der Waals surface area contributed by atoms with E-state index in [-0.39, 0.29) is 0 Å². The lowest BCUT2D eigenvalue weighted by molar-refractivity contribution is 0.224. The zero-order chi connectivity index (χ0) is 21.9. The van der Waals surface area contributed by atoms with Crippen LogP contribution in [0.25, 0.3) is 10.8 Å². The van der Waals surface area contributed by atoms with Crippen molar-refractivity contribution >= 4 is 22.2 Å². The zero-order valence-electron chi connectivity index (χ0n) is 20.0. The van der Waals surface area contributed by atoms with Gasteiger partial charge in [-0.15, -0.1) is 0 Å². The number of aliphatic imine (C=N–C) groups is 1. The van der Waals surface area contributed by atoms with Gasteiger partial charge >= 0.3 is 0 Å². The first-order chi connectivity index (χ1) is 14.7. The highest BCUT2D eigenvalue weighted by Gasteiger charge is 2.30. The fourth-order valence-corrected chi connectivity index (χ4v) is 5.77. The third kappa shape index (κ3) is 3.63. The molecule has 1 aliphatic carbocycles. The Hall–Kier alpha value is -2.41. The first kappa shape index (κ1) is 20.5. The van der Waals surface area contributed by atoms with E-state index in [0.717, 1.165) is 11.4 Å². The fraction of sp³-hybridized carbons (Fsp3) is 0.433. The van der Waals surface area contributed by atoms with Gasteiger partial charge in [0.15, 0.2) is 0 Å². The maximum atomic E-state index is 5.18. The summed E-state index contributed by atoms with van der Waals surface area (Å²) >= 11 is 0. The van der Waals surface area contributed by atoms with Gasteiger partial charge in [0.2, 0.25) is 0 Å². The zero-order valence-corrected chi connectivity index (χ0v) is 20.0. The number of rotatable bonds is 3. The molecule has 1 heteroatoms. The van der Waals surface area contributed by atoms with E-state index in [1.54, 1.807) is 0 Å². The maximum Gasteiger partial charge on any atom is 0.0789 e. The molecule has 0 amide bonds. The molecule has 0 bridgehead atoms. The van der Waals surface area contributed by atoms with Gasteiger partial charge in [-0.1, -0.05) is 57.0 Å². The molecule has 5 rings (SSSR count). The van der Waals surface area contributed by atoms with Gasteiger partial charge in [0.25, 0.3) is 0 Å². The Morgan fingerprint density at radius 2 is 1.58 bits per heavy atom. The number of nitrogens with zero attached hydrogens (tertiary/aromatic N) is 1. The number of hydrogen-bond acceptors (Lipinski definition) is 1. The van der Waals surface area contributed by atoms with Crippen LogP contribution in [-0.2, 0) is 0 Å². The Balaban J connectivity index is 1.70. The molecule has 0 aromatic heterocycles. The van der Waals surface area contributed by atoms with Crippen molar-refractivity contribution in [2.75, 3.05) is 0 Å². The van der Waals surface area contributed by atoms with Gasteiger partial charge in [0.1, 0.15) is 0 Å². The van der Waals surface area contributed by atoms with Gasteiger partial charge in [0, 0.05) is 16.5 Å². The van der Waals surface area contributed by atoms with Crippen molar-refractivity contribution < 1.29 is 0 Å². The van der Waals surface area contributed by atoms with Gasteiger partial charge in [-0.2, -0.15) is 0 Å². The predicted molar refractivity (Wildman–Crippen MR) is 134 cm³/mol. The number of hydrogen-bond donors (Lipinski definition) is 0. The highest BCUT2D eigenvalue weighted by molar-refractivity contribution is 6.26. The summed E-state index contributed by atoms with van der Waals surface area (Å²) in [4.78, 5) is 5.18. The molecule has 2 aliphatic rings. The van der Waals surface area contributed by atoms with Crippen molar-refractivity contribution in [3.05, 3.63) is 75.8 Å². The monoisotopic (exact) mass is 409 g/mol. The van der Waals surface area contributed by atoms with Crippen LogP contribution in [0.15, 0.2) is 47.5 Å². The quantitative estimate of drug-likeness (QED) is 0.321. The van der Waals surface area contributed by atoms with E-state index in [9.17, 15) is 0 Å². The van der Waals surface area contributed by atoms with Gasteiger partial charge < -0.3 is 0 Å². The van der Waals surface area contributed by atoms with E-state index >= 15 is 0 Å². The lowest BCUT2D eigenvalue weighted by Gasteiger charge is -2.34. The smallest absolute Gasteiger partial charge is 0.0789 e. The summed E-state index contributed by atoms with van der Waals surface area (Å²) in [7, 11) is 0. The molecule has 1 heterocycles. The summed E-state index contributed by atoms with van der Waals surface area (Å²) < 4.78 is 0. The summed E-state index contributed by atoms with van der Waals surface area (Å²) in [6, 6.07) is 16.4. The van der Waals surface area contributed by atoms with Crippen LogP contribution in [0.5, 0.6) is 0 Å². The fourth-order valence-electron chi connectivity index (χ4n) is 5.77. The molecule has 31 heavy (non-hydrogen) atoms. The largest absolute Gasteiger partial charge is 0.247 e. The van der Waals surface area contributed by atoms with Crippen molar-refractivity contribution in [1.82, 2.24) is 0 Å². The van der Waals surface area contributed by atoms with Crippen LogP contribution in [-0.4, -0.2) is 5.71 Å². The molecule has 160 valence electrons. The van der Waals surface area contributed by atoms with Crippen LogP contribution >= 0.6 is 0 Å². The Bertz CT molecular complexity index is 1180. The van der Waals surface area contributed by atoms with Crippen LogP contribution in [0, 0.1) is 19.3 Å². The summed E-state index contributed by atoms with van der Waals surface area (Å²) in [6.07, 6.45) is 5.23. The van der Waals surface area contributed by atoms with Crippen molar-refractivity contribution in [3.63, 3.8) is 0 Å². The normalized spacial score (nSPS) is 18.1. The minimum absolute atomic E-state index is 0.492. The molecule has 1 fully saturated rings. The van der Waals surface area contributed by atoms with Crippen LogP contribution in [0.4, 0.5) is 5.69 Å². The molecule has 3 aromatic rings. The van der Waals surface area contributed by atoms with Crippen molar-refractivity contribution in [3.8, 4) is 0 Å².